The molecule has 5 aromatic rings. The van der Waals surface area contributed by atoms with E-state index in [9.17, 15) is 9.90 Å². The van der Waals surface area contributed by atoms with Crippen LogP contribution in [0.2, 0.25) is 12.6 Å². The Bertz CT molecular complexity index is 2150. The number of carbonyl (C=O) groups is 1. The van der Waals surface area contributed by atoms with Gasteiger partial charge in [-0.3, -0.25) is 14.7 Å². The summed E-state index contributed by atoms with van der Waals surface area (Å²) < 4.78 is 51.3. The molecule has 3 fully saturated rings. The fourth-order valence-corrected chi connectivity index (χ4v) is 13.8. The number of amides is 1. The van der Waals surface area contributed by atoms with Crippen LogP contribution in [0.1, 0.15) is 25.5 Å². The molecule has 296 valence electrons. The lowest BCUT2D eigenvalue weighted by Gasteiger charge is -2.32. The number of ether oxygens (including phenoxy) is 3. The molecule has 0 aliphatic carbocycles. The normalized spacial score (nSPS) is 24.6. The minimum absolute atomic E-state index is 0.00544. The average molecular weight is 812 g/mol. The fraction of sp³-hybridized carbons (Fsp3) is 0.375. The Morgan fingerprint density at radius 2 is 1.74 bits per heavy atom. The van der Waals surface area contributed by atoms with E-state index in [1.54, 1.807) is 24.3 Å². The molecule has 2 N–H and O–H groups in total. The summed E-state index contributed by atoms with van der Waals surface area (Å²) in [4.78, 5) is 26.1. The molecule has 0 bridgehead atoms. The van der Waals surface area contributed by atoms with Crippen molar-refractivity contribution in [2.24, 2.45) is 0 Å². The zero-order chi connectivity index (χ0) is 39.4. The smallest absolute Gasteiger partial charge is 0.264 e. The summed E-state index contributed by atoms with van der Waals surface area (Å²) in [5, 5.41) is 24.8. The van der Waals surface area contributed by atoms with Gasteiger partial charge in [0, 0.05) is 12.6 Å². The molecular formula is C40H43FN7O7PSi. The largest absolute Gasteiger partial charge is 0.484 e. The van der Waals surface area contributed by atoms with Gasteiger partial charge in [-0.05, 0) is 31.0 Å². The van der Waals surface area contributed by atoms with Gasteiger partial charge in [-0.2, -0.15) is 15.2 Å². The van der Waals surface area contributed by atoms with Crippen molar-refractivity contribution in [3.63, 3.8) is 0 Å². The number of nitrogens with one attached hydrogen (secondary N) is 1. The summed E-state index contributed by atoms with van der Waals surface area (Å²) in [6, 6.07) is 33.0. The molecule has 5 heterocycles. The second kappa shape index (κ2) is 17.3. The van der Waals surface area contributed by atoms with E-state index in [1.165, 1.54) is 21.3 Å². The maximum absolute atomic E-state index is 16.8. The number of aliphatic hydroxyl groups excluding tert-OH is 1. The highest BCUT2D eigenvalue weighted by atomic mass is 31.2. The van der Waals surface area contributed by atoms with Crippen molar-refractivity contribution in [3.05, 3.63) is 97.3 Å². The molecule has 14 nitrogen and oxygen atoms in total. The van der Waals surface area contributed by atoms with Crippen LogP contribution in [0.3, 0.4) is 0 Å². The Kier molecular flexibility index (Phi) is 11.9. The Morgan fingerprint density at radius 1 is 1.04 bits per heavy atom. The first-order valence-electron chi connectivity index (χ1n) is 19.0. The van der Waals surface area contributed by atoms with Crippen LogP contribution in [0.15, 0.2) is 97.3 Å². The van der Waals surface area contributed by atoms with E-state index in [4.69, 9.17) is 28.5 Å². The number of halogens is 1. The van der Waals surface area contributed by atoms with E-state index >= 15 is 4.39 Å². The monoisotopic (exact) mass is 811 g/mol. The second-order valence-electron chi connectivity index (χ2n) is 14.4. The number of carbonyl (C=O) groups excluding carboxylic acids is 1. The zero-order valence-corrected chi connectivity index (χ0v) is 33.2. The predicted octanol–water partition coefficient (Wildman–Crippen LogP) is 4.73. The number of aliphatic hydroxyl groups is 1. The summed E-state index contributed by atoms with van der Waals surface area (Å²) >= 11 is 0. The third kappa shape index (κ3) is 8.15. The van der Waals surface area contributed by atoms with Crippen molar-refractivity contribution in [1.29, 1.82) is 5.26 Å². The number of para-hydroxylation sites is 1. The van der Waals surface area contributed by atoms with Crippen molar-refractivity contribution < 1.29 is 37.5 Å². The van der Waals surface area contributed by atoms with Crippen LogP contribution in [0.25, 0.3) is 11.2 Å². The van der Waals surface area contributed by atoms with Gasteiger partial charge in [0.2, 0.25) is 11.8 Å². The maximum Gasteiger partial charge on any atom is 0.264 e. The van der Waals surface area contributed by atoms with E-state index in [2.05, 4.69) is 80.0 Å². The molecule has 57 heavy (non-hydrogen) atoms. The lowest BCUT2D eigenvalue weighted by atomic mass is 10.1. The molecular weight excluding hydrogens is 769 g/mol. The topological polar surface area (TPSA) is 166 Å². The Morgan fingerprint density at radius 3 is 2.42 bits per heavy atom. The van der Waals surface area contributed by atoms with Crippen LogP contribution in [-0.4, -0.2) is 100 Å². The van der Waals surface area contributed by atoms with E-state index < -0.39 is 53.7 Å². The van der Waals surface area contributed by atoms with Gasteiger partial charge < -0.3 is 28.4 Å². The average Bonchev–Trinajstić information content (AvgIpc) is 4.03. The van der Waals surface area contributed by atoms with E-state index in [1.807, 2.05) is 24.3 Å². The van der Waals surface area contributed by atoms with Gasteiger partial charge in [0.1, 0.15) is 32.6 Å². The van der Waals surface area contributed by atoms with Gasteiger partial charge in [0.05, 0.1) is 31.5 Å². The van der Waals surface area contributed by atoms with Crippen molar-refractivity contribution in [1.82, 2.24) is 24.2 Å². The molecule has 7 atom stereocenters. The number of rotatable bonds is 15. The van der Waals surface area contributed by atoms with E-state index in [-0.39, 0.29) is 54.8 Å². The highest BCUT2D eigenvalue weighted by molar-refractivity contribution is 7.45. The molecule has 3 aliphatic heterocycles. The molecule has 0 saturated carbocycles. The van der Waals surface area contributed by atoms with Crippen LogP contribution < -0.4 is 25.2 Å². The standard InChI is InChI=1S/C40H43FN7O7PSi/c1-57(28-15-7-3-8-16-28,29-17-9-4-10-18-29)25-32-30-19-11-21-48(30)56(54-32)55-36-31(23-49)53-39(34(36)41)47-26-43-35-37(47)45-40(46-38(35)51-22-12-20-42)44-33(50)24-52-27-13-5-2-6-14-27/h2-10,13-18,26,30-32,34,36,39,49H,11-12,19,21-25H2,1H3,(H,44,45,46,50)/t30-,31+,32+,34-,36?,39+,56-/m0/s1. The molecule has 1 unspecified atom stereocenters. The number of aromatic nitrogens is 4. The van der Waals surface area contributed by atoms with Crippen LogP contribution in [0.5, 0.6) is 11.6 Å². The minimum Gasteiger partial charge on any atom is -0.484 e. The van der Waals surface area contributed by atoms with E-state index in [0.717, 1.165) is 25.4 Å². The number of nitriles is 1. The van der Waals surface area contributed by atoms with Crippen LogP contribution in [0.4, 0.5) is 10.3 Å². The number of benzene rings is 3. The Balaban J connectivity index is 1.02. The lowest BCUT2D eigenvalue weighted by Crippen LogP contribution is -2.58. The molecule has 1 amide bonds. The number of alkyl halides is 1. The van der Waals surface area contributed by atoms with Gasteiger partial charge in [-0.25, -0.2) is 14.0 Å². The highest BCUT2D eigenvalue weighted by Crippen LogP contribution is 2.59. The molecule has 17 heteroatoms. The number of anilines is 1. The molecule has 3 aromatic carbocycles. The summed E-state index contributed by atoms with van der Waals surface area (Å²) in [7, 11) is -3.95. The maximum atomic E-state index is 16.8. The highest BCUT2D eigenvalue weighted by Gasteiger charge is 2.54. The van der Waals surface area contributed by atoms with Gasteiger partial charge >= 0.3 is 0 Å². The van der Waals surface area contributed by atoms with Crippen molar-refractivity contribution in [2.75, 3.05) is 31.7 Å². The van der Waals surface area contributed by atoms with Gasteiger partial charge in [-0.1, -0.05) is 95.8 Å². The Hall–Kier alpha value is -4.85. The zero-order valence-electron chi connectivity index (χ0n) is 31.3. The third-order valence-corrected chi connectivity index (χ3v) is 16.9. The number of hydrogen-bond donors (Lipinski definition) is 2. The minimum atomic E-state index is -2.28. The summed E-state index contributed by atoms with van der Waals surface area (Å²) in [6.07, 6.45) is -2.06. The number of hydrogen-bond acceptors (Lipinski definition) is 12. The summed E-state index contributed by atoms with van der Waals surface area (Å²) in [6.45, 7) is 2.31. The van der Waals surface area contributed by atoms with Gasteiger partial charge in [0.15, 0.2) is 30.2 Å². The van der Waals surface area contributed by atoms with Crippen molar-refractivity contribution in [2.45, 2.75) is 68.6 Å². The molecule has 3 saturated heterocycles. The Labute approximate surface area is 331 Å². The molecule has 8 rings (SSSR count). The first kappa shape index (κ1) is 39.0. The predicted molar refractivity (Wildman–Crippen MR) is 212 cm³/mol. The lowest BCUT2D eigenvalue weighted by molar-refractivity contribution is -0.118. The van der Waals surface area contributed by atoms with Crippen LogP contribution in [-0.2, 0) is 18.6 Å². The van der Waals surface area contributed by atoms with Crippen molar-refractivity contribution >= 4 is 50.0 Å². The third-order valence-electron chi connectivity index (χ3n) is 10.7. The number of imidazole rings is 1. The first-order chi connectivity index (χ1) is 27.9. The summed E-state index contributed by atoms with van der Waals surface area (Å²) in [5.41, 5.74) is 0.275. The van der Waals surface area contributed by atoms with Crippen molar-refractivity contribution in [3.8, 4) is 17.7 Å². The molecule has 2 aromatic heterocycles. The molecule has 0 spiro atoms. The number of fused-ring (bicyclic) bond motifs is 2. The molecule has 3 aliphatic rings. The first-order valence-corrected chi connectivity index (χ1v) is 22.8. The second-order valence-corrected chi connectivity index (χ2v) is 20.0. The summed E-state index contributed by atoms with van der Waals surface area (Å²) in [5.74, 6) is -0.198. The molecule has 0 radical (unpaired) electrons. The van der Waals surface area contributed by atoms with Crippen LogP contribution in [0, 0.1) is 11.3 Å². The van der Waals surface area contributed by atoms with Gasteiger partial charge in [0.25, 0.3) is 14.4 Å². The number of nitrogens with zero attached hydrogens (tertiary/aromatic N) is 6. The fourth-order valence-electron chi connectivity index (χ4n) is 7.83. The quantitative estimate of drug-likeness (QED) is 0.0850. The van der Waals surface area contributed by atoms with Gasteiger partial charge in [-0.15, -0.1) is 0 Å². The SMILES string of the molecule is C[Si](C[C@H]1O[P@@](OC2[C@@H](CO)O[C@@H](n3cnc4c(OCCC#N)nc(NC(=O)COc5ccccc5)nc43)[C@H]2F)N2CCC[C@@H]12)(c1ccccc1)c1ccccc1. The van der Waals surface area contributed by atoms with E-state index in [0.29, 0.717) is 5.75 Å². The van der Waals surface area contributed by atoms with Crippen LogP contribution >= 0.6 is 8.53 Å².